The molecule has 0 aromatic rings. The van der Waals surface area contributed by atoms with Crippen LogP contribution >= 0.6 is 0 Å². The summed E-state index contributed by atoms with van der Waals surface area (Å²) in [6, 6.07) is 0. The largest absolute Gasteiger partial charge is 0.504 e. The first-order valence-corrected chi connectivity index (χ1v) is 17.1. The van der Waals surface area contributed by atoms with E-state index in [1.807, 2.05) is 6.92 Å². The lowest BCUT2D eigenvalue weighted by atomic mass is 9.44. The molecule has 0 bridgehead atoms. The molecule has 0 spiro atoms. The molecule has 3 saturated carbocycles. The van der Waals surface area contributed by atoms with Crippen LogP contribution in [0.2, 0.25) is 0 Å². The number of esters is 5. The van der Waals surface area contributed by atoms with Crippen molar-refractivity contribution in [3.63, 3.8) is 0 Å². The van der Waals surface area contributed by atoms with E-state index in [1.54, 1.807) is 26.8 Å². The van der Waals surface area contributed by atoms with E-state index >= 15 is 0 Å². The van der Waals surface area contributed by atoms with Gasteiger partial charge in [-0.1, -0.05) is 20.8 Å². The number of allylic oxidation sites excluding steroid dienone is 2. The molecule has 0 radical (unpaired) electrons. The van der Waals surface area contributed by atoms with Crippen molar-refractivity contribution in [2.24, 2.45) is 51.8 Å². The maximum absolute atomic E-state index is 14.5. The molecule has 2 aliphatic heterocycles. The molecule has 1 unspecified atom stereocenters. The van der Waals surface area contributed by atoms with Crippen LogP contribution in [0.3, 0.4) is 0 Å². The van der Waals surface area contributed by atoms with Gasteiger partial charge in [0, 0.05) is 62.2 Å². The van der Waals surface area contributed by atoms with Crippen molar-refractivity contribution in [3.8, 4) is 0 Å². The summed E-state index contributed by atoms with van der Waals surface area (Å²) in [5, 5.41) is 24.1. The highest BCUT2D eigenvalue weighted by Crippen LogP contribution is 2.75. The molecule has 272 valence electrons. The van der Waals surface area contributed by atoms with Gasteiger partial charge in [-0.25, -0.2) is 4.79 Å². The van der Waals surface area contributed by atoms with Crippen molar-refractivity contribution in [2.75, 3.05) is 0 Å². The smallest absolute Gasteiger partial charge is 0.343 e. The van der Waals surface area contributed by atoms with E-state index in [-0.39, 0.29) is 17.8 Å². The summed E-state index contributed by atoms with van der Waals surface area (Å²) >= 11 is 0. The Bertz CT molecular complexity index is 1690. The van der Waals surface area contributed by atoms with Crippen molar-refractivity contribution < 1.29 is 67.4 Å². The van der Waals surface area contributed by atoms with Crippen LogP contribution < -0.4 is 0 Å². The van der Waals surface area contributed by atoms with Gasteiger partial charge in [-0.2, -0.15) is 0 Å². The summed E-state index contributed by atoms with van der Waals surface area (Å²) in [6.07, 6.45) is -4.00. The Balaban J connectivity index is 1.56. The molecule has 0 aromatic heterocycles. The Morgan fingerprint density at radius 2 is 1.34 bits per heavy atom. The highest BCUT2D eigenvalue weighted by molar-refractivity contribution is 5.98. The van der Waals surface area contributed by atoms with E-state index in [2.05, 4.69) is 0 Å². The number of aliphatic hydroxyl groups excluding tert-OH is 1. The number of ketones is 1. The Kier molecular flexibility index (Phi) is 7.37. The third-order valence-electron chi connectivity index (χ3n) is 13.6. The second kappa shape index (κ2) is 10.6. The third kappa shape index (κ3) is 4.14. The molecule has 16 atom stereocenters. The maximum atomic E-state index is 14.5. The average molecular weight is 701 g/mol. The van der Waals surface area contributed by atoms with Crippen LogP contribution in [0.15, 0.2) is 23.2 Å². The van der Waals surface area contributed by atoms with Crippen molar-refractivity contribution in [3.05, 3.63) is 23.2 Å². The van der Waals surface area contributed by atoms with Gasteiger partial charge >= 0.3 is 29.8 Å². The van der Waals surface area contributed by atoms with Crippen LogP contribution in [-0.4, -0.2) is 88.1 Å². The predicted octanol–water partition coefficient (Wildman–Crippen LogP) is 2.25. The van der Waals surface area contributed by atoms with Crippen molar-refractivity contribution >= 4 is 35.6 Å². The summed E-state index contributed by atoms with van der Waals surface area (Å²) in [5.74, 6) is -10.1. The molecule has 2 heterocycles. The van der Waals surface area contributed by atoms with E-state index in [0.29, 0.717) is 0 Å². The molecule has 50 heavy (non-hydrogen) atoms. The van der Waals surface area contributed by atoms with Crippen LogP contribution in [-0.2, 0) is 57.2 Å². The molecule has 5 aliphatic carbocycles. The van der Waals surface area contributed by atoms with Gasteiger partial charge in [-0.15, -0.1) is 0 Å². The van der Waals surface area contributed by atoms with Gasteiger partial charge in [0.2, 0.25) is 5.78 Å². The Morgan fingerprint density at radius 3 is 1.92 bits per heavy atom. The molecule has 7 rings (SSSR count). The first-order chi connectivity index (χ1) is 23.1. The number of hydrogen-bond acceptors (Lipinski definition) is 14. The number of Topliss-reactive ketones (excluding diaryl/α,β-unsaturated/α-hetero) is 1. The highest BCUT2D eigenvalue weighted by Gasteiger charge is 2.82. The van der Waals surface area contributed by atoms with Crippen molar-refractivity contribution in [2.45, 2.75) is 111 Å². The van der Waals surface area contributed by atoms with E-state index in [1.165, 1.54) is 34.6 Å². The van der Waals surface area contributed by atoms with Gasteiger partial charge in [0.15, 0.2) is 11.4 Å². The standard InChI is InChI=1S/C36H44O14/c1-12-10-19-35(8,36(9,44)32(43)50-19)24-21(12)34(7)22(28(24)45-13(2)37)20-23(29(46-14(3)38)31(34)48-16(5)40)33(6)17(25(41)26(20)42)11-18-27(49-18)30(33)47-15(4)39/h10,12,17-18,21-24,27-31,42,44H,11H2,1-9H3/t12-,17-,18+,21+,22-,23?,24+,27+,28-,29+,30+,31+,33+,34-,35+,36-/m1/s1. The minimum absolute atomic E-state index is 0.102. The van der Waals surface area contributed by atoms with Gasteiger partial charge in [-0.05, 0) is 43.8 Å². The number of ether oxygens (including phenoxy) is 6. The van der Waals surface area contributed by atoms with Crippen molar-refractivity contribution in [1.82, 2.24) is 0 Å². The Hall–Kier alpha value is -3.78. The molecule has 14 nitrogen and oxygen atoms in total. The topological polar surface area (TPSA) is 202 Å². The molecule has 7 aliphatic rings. The lowest BCUT2D eigenvalue weighted by Crippen LogP contribution is -2.69. The van der Waals surface area contributed by atoms with Crippen LogP contribution in [0.5, 0.6) is 0 Å². The number of fused-ring (bicyclic) bond motifs is 10. The fourth-order valence-corrected chi connectivity index (χ4v) is 11.6. The SMILES string of the molecule is CC(=O)O[C@H]1[C@@H]2[C@H]([C@H](C)C=C3OC(=O)[C@@](C)(O)[C@@]32C)[C@]2(C)[C@@H]1C1=C(O)C(=O)[C@H]3C[C@@H]4O[C@@H]4[C@H](OC(C)=O)[C@]3(C)C1[C@H](OC(C)=O)[C@@H]2OC(C)=O. The van der Waals surface area contributed by atoms with Crippen LogP contribution in [0, 0.1) is 51.8 Å². The van der Waals surface area contributed by atoms with Gasteiger partial charge < -0.3 is 38.6 Å². The number of rotatable bonds is 4. The van der Waals surface area contributed by atoms with Gasteiger partial charge in [-0.3, -0.25) is 24.0 Å². The van der Waals surface area contributed by atoms with Crippen LogP contribution in [0.1, 0.15) is 68.7 Å². The minimum Gasteiger partial charge on any atom is -0.504 e. The predicted molar refractivity (Wildman–Crippen MR) is 166 cm³/mol. The van der Waals surface area contributed by atoms with E-state index < -0.39 is 135 Å². The fraction of sp³-hybridized carbons (Fsp3) is 0.722. The lowest BCUT2D eigenvalue weighted by Gasteiger charge is -2.61. The zero-order valence-electron chi connectivity index (χ0n) is 29.5. The second-order valence-corrected chi connectivity index (χ2v) is 16.1. The monoisotopic (exact) mass is 700 g/mol. The molecule has 2 saturated heterocycles. The average Bonchev–Trinajstić information content (AvgIpc) is 3.68. The minimum atomic E-state index is -2.12. The normalized spacial score (nSPS) is 49.4. The summed E-state index contributed by atoms with van der Waals surface area (Å²) < 4.78 is 36.1. The van der Waals surface area contributed by atoms with E-state index in [9.17, 15) is 39.0 Å². The number of carbonyl (C=O) groups is 6. The quantitative estimate of drug-likeness (QED) is 0.246. The molecule has 0 aromatic carbocycles. The molecule has 0 amide bonds. The molecular formula is C36H44O14. The molecule has 14 heteroatoms. The molecule has 2 N–H and O–H groups in total. The van der Waals surface area contributed by atoms with Crippen LogP contribution in [0.25, 0.3) is 0 Å². The Labute approximate surface area is 288 Å². The maximum Gasteiger partial charge on any atom is 0.343 e. The molecule has 5 fully saturated rings. The highest BCUT2D eigenvalue weighted by atomic mass is 16.6. The number of epoxide rings is 1. The number of hydrogen-bond donors (Lipinski definition) is 2. The van der Waals surface area contributed by atoms with Gasteiger partial charge in [0.05, 0.1) is 11.5 Å². The molecular weight excluding hydrogens is 656 g/mol. The van der Waals surface area contributed by atoms with Crippen LogP contribution in [0.4, 0.5) is 0 Å². The first kappa shape index (κ1) is 34.7. The summed E-state index contributed by atoms with van der Waals surface area (Å²) in [4.78, 5) is 79.6. The van der Waals surface area contributed by atoms with Gasteiger partial charge in [0.1, 0.15) is 36.3 Å². The zero-order valence-corrected chi connectivity index (χ0v) is 29.5. The first-order valence-electron chi connectivity index (χ1n) is 17.1. The Morgan fingerprint density at radius 1 is 0.800 bits per heavy atom. The van der Waals surface area contributed by atoms with E-state index in [4.69, 9.17) is 28.4 Å². The number of aliphatic hydroxyl groups is 2. The summed E-state index contributed by atoms with van der Waals surface area (Å²) in [7, 11) is 0. The summed E-state index contributed by atoms with van der Waals surface area (Å²) in [6.45, 7) is 13.2. The van der Waals surface area contributed by atoms with E-state index in [0.717, 1.165) is 0 Å². The second-order valence-electron chi connectivity index (χ2n) is 16.1. The lowest BCUT2D eigenvalue weighted by molar-refractivity contribution is -0.224. The van der Waals surface area contributed by atoms with Crippen molar-refractivity contribution in [1.29, 1.82) is 0 Å². The third-order valence-corrected chi connectivity index (χ3v) is 13.6. The summed E-state index contributed by atoms with van der Waals surface area (Å²) in [5.41, 5.74) is -6.28. The zero-order chi connectivity index (χ0) is 36.8. The number of carbonyl (C=O) groups excluding carboxylic acids is 6. The van der Waals surface area contributed by atoms with Gasteiger partial charge in [0.25, 0.3) is 0 Å². The fourth-order valence-electron chi connectivity index (χ4n) is 11.6.